The van der Waals surface area contributed by atoms with Crippen molar-refractivity contribution in [1.82, 2.24) is 9.97 Å². The maximum atomic E-state index is 12.2. The summed E-state index contributed by atoms with van der Waals surface area (Å²) >= 11 is 13.2. The molecule has 0 aliphatic rings. The minimum absolute atomic E-state index is 0.215. The van der Waals surface area contributed by atoms with Crippen LogP contribution >= 0.6 is 23.2 Å². The van der Waals surface area contributed by atoms with Gasteiger partial charge in [0.2, 0.25) is 11.9 Å². The third-order valence-corrected chi connectivity index (χ3v) is 7.11. The number of benzene rings is 3. The van der Waals surface area contributed by atoms with Crippen LogP contribution in [0.4, 0.5) is 17.3 Å². The number of nitrogens with one attached hydrogen (secondary N) is 2. The number of methoxy groups -OCH3 is 3. The molecule has 0 fully saturated rings. The molecule has 0 bridgehead atoms. The molecule has 212 valence electrons. The number of nitrogens with zero attached hydrogens (tertiary/aromatic N) is 2. The van der Waals surface area contributed by atoms with Crippen LogP contribution < -0.4 is 20.1 Å². The van der Waals surface area contributed by atoms with Crippen molar-refractivity contribution in [2.75, 3.05) is 32.0 Å². The highest BCUT2D eigenvalue weighted by Gasteiger charge is 2.19. The zero-order valence-electron chi connectivity index (χ0n) is 22.9. The number of aryl methyl sites for hydroxylation is 2. The summed E-state index contributed by atoms with van der Waals surface area (Å²) in [6.45, 7) is 5.42. The quantitative estimate of drug-likeness (QED) is 0.150. The predicted molar refractivity (Wildman–Crippen MR) is 162 cm³/mol. The van der Waals surface area contributed by atoms with Gasteiger partial charge in [0.15, 0.2) is 0 Å². The molecule has 0 saturated heterocycles. The highest BCUT2D eigenvalue weighted by Crippen LogP contribution is 2.46. The Balaban J connectivity index is 1.69. The molecule has 0 unspecified atom stereocenters. The van der Waals surface area contributed by atoms with Gasteiger partial charge in [-0.3, -0.25) is 9.59 Å². The van der Waals surface area contributed by atoms with E-state index in [-0.39, 0.29) is 18.3 Å². The number of hydrogen-bond donors (Lipinski definition) is 2. The van der Waals surface area contributed by atoms with Gasteiger partial charge in [0.1, 0.15) is 11.5 Å². The Kier molecular flexibility index (Phi) is 9.31. The summed E-state index contributed by atoms with van der Waals surface area (Å²) in [6, 6.07) is 10.9. The average molecular weight is 595 g/mol. The monoisotopic (exact) mass is 594 g/mol. The van der Waals surface area contributed by atoms with E-state index < -0.39 is 0 Å². The van der Waals surface area contributed by atoms with Crippen LogP contribution in [0.15, 0.2) is 55.3 Å². The van der Waals surface area contributed by atoms with E-state index in [9.17, 15) is 9.59 Å². The maximum absolute atomic E-state index is 12.2. The SMILES string of the molecule is C=CC(=O)Nc1cc(CCC(=O)OC)cc(C)c1Nc1ncc2cc(-c3c(Cl)c(OC)cc(OC)c3Cl)ccc2n1. The lowest BCUT2D eigenvalue weighted by molar-refractivity contribution is -0.140. The number of halogens is 2. The lowest BCUT2D eigenvalue weighted by Gasteiger charge is -2.17. The Labute approximate surface area is 247 Å². The van der Waals surface area contributed by atoms with Crippen molar-refractivity contribution in [3.8, 4) is 22.6 Å². The second-order valence-corrected chi connectivity index (χ2v) is 9.74. The number of carbonyl (C=O) groups excluding carboxylic acids is 2. The molecule has 1 amide bonds. The molecule has 0 aliphatic heterocycles. The van der Waals surface area contributed by atoms with Crippen LogP contribution in [-0.4, -0.2) is 43.2 Å². The van der Waals surface area contributed by atoms with E-state index in [1.165, 1.54) is 27.4 Å². The minimum Gasteiger partial charge on any atom is -0.495 e. The fourth-order valence-electron chi connectivity index (χ4n) is 4.30. The molecule has 1 heterocycles. The van der Waals surface area contributed by atoms with Crippen LogP contribution in [0.2, 0.25) is 10.0 Å². The van der Waals surface area contributed by atoms with Crippen LogP contribution in [0, 0.1) is 6.92 Å². The first-order valence-corrected chi connectivity index (χ1v) is 13.2. The first kappa shape index (κ1) is 29.6. The normalized spacial score (nSPS) is 10.7. The molecule has 1 aromatic heterocycles. The van der Waals surface area contributed by atoms with Gasteiger partial charge in [-0.25, -0.2) is 9.97 Å². The molecule has 2 N–H and O–H groups in total. The Hall–Kier alpha value is -4.34. The summed E-state index contributed by atoms with van der Waals surface area (Å²) in [5.74, 6) is 0.499. The summed E-state index contributed by atoms with van der Waals surface area (Å²) in [4.78, 5) is 33.0. The molecule has 11 heteroatoms. The molecule has 0 radical (unpaired) electrons. The van der Waals surface area contributed by atoms with Gasteiger partial charge >= 0.3 is 5.97 Å². The van der Waals surface area contributed by atoms with Crippen molar-refractivity contribution in [2.45, 2.75) is 19.8 Å². The average Bonchev–Trinajstić information content (AvgIpc) is 2.97. The molecule has 0 aliphatic carbocycles. The third-order valence-electron chi connectivity index (χ3n) is 6.36. The van der Waals surface area contributed by atoms with E-state index in [1.54, 1.807) is 18.3 Å². The summed E-state index contributed by atoms with van der Waals surface area (Å²) in [5.41, 5.74) is 4.77. The summed E-state index contributed by atoms with van der Waals surface area (Å²) in [7, 11) is 4.39. The van der Waals surface area contributed by atoms with Gasteiger partial charge < -0.3 is 24.8 Å². The largest absolute Gasteiger partial charge is 0.495 e. The van der Waals surface area contributed by atoms with Crippen LogP contribution in [-0.2, 0) is 20.7 Å². The Morgan fingerprint density at radius 1 is 1.02 bits per heavy atom. The summed E-state index contributed by atoms with van der Waals surface area (Å²) < 4.78 is 15.5. The molecular weight excluding hydrogens is 567 g/mol. The van der Waals surface area contributed by atoms with Crippen LogP contribution in [0.1, 0.15) is 17.5 Å². The van der Waals surface area contributed by atoms with Gasteiger partial charge in [0.25, 0.3) is 0 Å². The van der Waals surface area contributed by atoms with E-state index in [4.69, 9.17) is 37.4 Å². The fraction of sp³-hybridized carbons (Fsp3) is 0.200. The number of hydrogen-bond acceptors (Lipinski definition) is 8. The third kappa shape index (κ3) is 6.53. The molecule has 4 rings (SSSR count). The van der Waals surface area contributed by atoms with E-state index in [1.807, 2.05) is 31.2 Å². The second kappa shape index (κ2) is 12.9. The topological polar surface area (TPSA) is 112 Å². The van der Waals surface area contributed by atoms with E-state index in [0.717, 1.165) is 22.1 Å². The molecule has 3 aromatic carbocycles. The van der Waals surface area contributed by atoms with Crippen LogP contribution in [0.25, 0.3) is 22.0 Å². The highest BCUT2D eigenvalue weighted by molar-refractivity contribution is 6.41. The van der Waals surface area contributed by atoms with E-state index >= 15 is 0 Å². The first-order valence-electron chi connectivity index (χ1n) is 12.5. The van der Waals surface area contributed by atoms with E-state index in [2.05, 4.69) is 27.2 Å². The standard InChI is InChI=1S/C30H28Cl2N4O5/c1-6-24(37)34-21-12-17(7-10-25(38)41-5)11-16(2)29(21)36-30-33-15-19-13-18(8-9-20(19)35-30)26-27(31)22(39-3)14-23(40-4)28(26)32/h6,8-9,11-15H,1,7,10H2,2-5H3,(H,34,37)(H,33,35,36). The summed E-state index contributed by atoms with van der Waals surface area (Å²) in [5, 5.41) is 7.50. The van der Waals surface area contributed by atoms with Crippen molar-refractivity contribution in [3.63, 3.8) is 0 Å². The van der Waals surface area contributed by atoms with Gasteiger partial charge in [0, 0.05) is 29.6 Å². The lowest BCUT2D eigenvalue weighted by atomic mass is 10.0. The molecular formula is C30H28Cl2N4O5. The molecule has 4 aromatic rings. The molecule has 0 saturated carbocycles. The number of aromatic nitrogens is 2. The Morgan fingerprint density at radius 3 is 2.37 bits per heavy atom. The fourth-order valence-corrected chi connectivity index (χ4v) is 5.02. The van der Waals surface area contributed by atoms with Crippen molar-refractivity contribution in [3.05, 3.63) is 76.4 Å². The zero-order valence-corrected chi connectivity index (χ0v) is 24.4. The van der Waals surface area contributed by atoms with Gasteiger partial charge in [-0.2, -0.15) is 0 Å². The zero-order chi connectivity index (χ0) is 29.7. The van der Waals surface area contributed by atoms with Gasteiger partial charge in [-0.1, -0.05) is 41.9 Å². The van der Waals surface area contributed by atoms with Crippen molar-refractivity contribution in [2.24, 2.45) is 0 Å². The van der Waals surface area contributed by atoms with Gasteiger partial charge in [0.05, 0.1) is 48.3 Å². The minimum atomic E-state index is -0.379. The first-order chi connectivity index (χ1) is 19.7. The van der Waals surface area contributed by atoms with Crippen molar-refractivity contribution < 1.29 is 23.8 Å². The number of rotatable bonds is 10. The van der Waals surface area contributed by atoms with Crippen LogP contribution in [0.3, 0.4) is 0 Å². The number of esters is 1. The van der Waals surface area contributed by atoms with Crippen molar-refractivity contribution >= 4 is 63.3 Å². The second-order valence-electron chi connectivity index (χ2n) is 8.98. The number of carbonyl (C=O) groups is 2. The van der Waals surface area contributed by atoms with Crippen LogP contribution in [0.5, 0.6) is 11.5 Å². The molecule has 0 atom stereocenters. The molecule has 0 spiro atoms. The number of anilines is 3. The molecule has 9 nitrogen and oxygen atoms in total. The Morgan fingerprint density at radius 2 is 1.73 bits per heavy atom. The van der Waals surface area contributed by atoms with E-state index in [0.29, 0.717) is 56.4 Å². The maximum Gasteiger partial charge on any atom is 0.305 e. The van der Waals surface area contributed by atoms with Gasteiger partial charge in [-0.15, -0.1) is 0 Å². The van der Waals surface area contributed by atoms with Gasteiger partial charge in [-0.05, 0) is 54.3 Å². The summed E-state index contributed by atoms with van der Waals surface area (Å²) in [6.07, 6.45) is 3.52. The number of amides is 1. The van der Waals surface area contributed by atoms with Crippen molar-refractivity contribution in [1.29, 1.82) is 0 Å². The highest BCUT2D eigenvalue weighted by atomic mass is 35.5. The predicted octanol–water partition coefficient (Wildman–Crippen LogP) is 6.90. The Bertz CT molecular complexity index is 1630. The number of fused-ring (bicyclic) bond motifs is 1. The lowest BCUT2D eigenvalue weighted by Crippen LogP contribution is -2.12. The molecule has 41 heavy (non-hydrogen) atoms. The smallest absolute Gasteiger partial charge is 0.305 e. The number of ether oxygens (including phenoxy) is 3.